The van der Waals surface area contributed by atoms with Crippen LogP contribution in [0.5, 0.6) is 0 Å². The van der Waals surface area contributed by atoms with Gasteiger partial charge in [-0.3, -0.25) is 14.5 Å². The molecule has 9 heteroatoms. The molecule has 3 heterocycles. The first-order valence-electron chi connectivity index (χ1n) is 9.46. The van der Waals surface area contributed by atoms with E-state index in [1.165, 1.54) is 0 Å². The molecule has 0 saturated carbocycles. The minimum atomic E-state index is -0.376. The van der Waals surface area contributed by atoms with Crippen molar-refractivity contribution in [3.8, 4) is 0 Å². The van der Waals surface area contributed by atoms with Crippen molar-refractivity contribution in [1.29, 1.82) is 0 Å². The summed E-state index contributed by atoms with van der Waals surface area (Å²) in [6.07, 6.45) is 0. The Labute approximate surface area is 166 Å². The predicted octanol–water partition coefficient (Wildman–Crippen LogP) is 2.82. The normalized spacial score (nSPS) is 14.7. The molecule has 0 aliphatic carbocycles. The SMILES string of the molecule is Cc1nnc2c(N3CCN(c4ccc([N+](=O)[O-])cc4)CC3)nc3ccccc3n12. The lowest BCUT2D eigenvalue weighted by atomic mass is 10.2. The van der Waals surface area contributed by atoms with Gasteiger partial charge in [-0.2, -0.15) is 0 Å². The Balaban J connectivity index is 1.43. The number of piperazine rings is 1. The van der Waals surface area contributed by atoms with Crippen LogP contribution in [0.3, 0.4) is 0 Å². The third-order valence-electron chi connectivity index (χ3n) is 5.38. The lowest BCUT2D eigenvalue weighted by Crippen LogP contribution is -2.47. The van der Waals surface area contributed by atoms with Crippen LogP contribution in [0.25, 0.3) is 16.7 Å². The topological polar surface area (TPSA) is 92.7 Å². The fourth-order valence-corrected chi connectivity index (χ4v) is 3.88. The standard InChI is InChI=1S/C20H19N7O2/c1-14-22-23-20-19(21-17-4-2-3-5-18(17)26(14)20)25-12-10-24(11-13-25)15-6-8-16(9-7-15)27(28)29/h2-9H,10-13H2,1H3. The van der Waals surface area contributed by atoms with Gasteiger partial charge in [0, 0.05) is 44.0 Å². The lowest BCUT2D eigenvalue weighted by molar-refractivity contribution is -0.384. The van der Waals surface area contributed by atoms with Gasteiger partial charge in [-0.05, 0) is 31.2 Å². The molecule has 1 aliphatic rings. The summed E-state index contributed by atoms with van der Waals surface area (Å²) < 4.78 is 2.06. The number of rotatable bonds is 3. The highest BCUT2D eigenvalue weighted by atomic mass is 16.6. The molecule has 29 heavy (non-hydrogen) atoms. The first-order valence-corrected chi connectivity index (χ1v) is 9.46. The van der Waals surface area contributed by atoms with Crippen LogP contribution >= 0.6 is 0 Å². The Morgan fingerprint density at radius 1 is 0.931 bits per heavy atom. The van der Waals surface area contributed by atoms with Gasteiger partial charge in [0.1, 0.15) is 5.82 Å². The van der Waals surface area contributed by atoms with E-state index in [0.717, 1.165) is 60.2 Å². The largest absolute Gasteiger partial charge is 0.368 e. The quantitative estimate of drug-likeness (QED) is 0.393. The third-order valence-corrected chi connectivity index (χ3v) is 5.38. The number of anilines is 2. The van der Waals surface area contributed by atoms with Crippen LogP contribution in [0.4, 0.5) is 17.2 Å². The number of nitro benzene ring substituents is 1. The van der Waals surface area contributed by atoms with Crippen molar-refractivity contribution in [2.45, 2.75) is 6.92 Å². The Kier molecular flexibility index (Phi) is 4.01. The monoisotopic (exact) mass is 389 g/mol. The highest BCUT2D eigenvalue weighted by Crippen LogP contribution is 2.27. The second-order valence-corrected chi connectivity index (χ2v) is 7.08. The first kappa shape index (κ1) is 17.4. The maximum atomic E-state index is 10.9. The number of nitro groups is 1. The fourth-order valence-electron chi connectivity index (χ4n) is 3.88. The number of benzene rings is 2. The van der Waals surface area contributed by atoms with Crippen LogP contribution in [-0.2, 0) is 0 Å². The highest BCUT2D eigenvalue weighted by molar-refractivity contribution is 5.83. The summed E-state index contributed by atoms with van der Waals surface area (Å²) in [5, 5.41) is 19.5. The van der Waals surface area contributed by atoms with Gasteiger partial charge in [-0.1, -0.05) is 12.1 Å². The van der Waals surface area contributed by atoms with Crippen molar-refractivity contribution in [3.05, 3.63) is 64.5 Å². The second kappa shape index (κ2) is 6.69. The predicted molar refractivity (Wildman–Crippen MR) is 111 cm³/mol. The van der Waals surface area contributed by atoms with Gasteiger partial charge in [0.25, 0.3) is 5.69 Å². The molecular formula is C20H19N7O2. The van der Waals surface area contributed by atoms with E-state index in [-0.39, 0.29) is 10.6 Å². The molecule has 0 spiro atoms. The molecule has 1 fully saturated rings. The van der Waals surface area contributed by atoms with E-state index in [0.29, 0.717) is 0 Å². The van der Waals surface area contributed by atoms with Crippen molar-refractivity contribution in [1.82, 2.24) is 19.6 Å². The van der Waals surface area contributed by atoms with E-state index < -0.39 is 0 Å². The Morgan fingerprint density at radius 3 is 2.34 bits per heavy atom. The molecule has 2 aromatic carbocycles. The molecule has 0 unspecified atom stereocenters. The molecule has 0 atom stereocenters. The summed E-state index contributed by atoms with van der Waals surface area (Å²) in [5.41, 5.74) is 3.78. The number of nitrogens with zero attached hydrogens (tertiary/aromatic N) is 7. The molecule has 1 aliphatic heterocycles. The molecule has 1 saturated heterocycles. The molecule has 5 rings (SSSR count). The third kappa shape index (κ3) is 2.91. The maximum absolute atomic E-state index is 10.9. The smallest absolute Gasteiger partial charge is 0.269 e. The average Bonchev–Trinajstić information content (AvgIpc) is 3.15. The van der Waals surface area contributed by atoms with E-state index >= 15 is 0 Å². The summed E-state index contributed by atoms with van der Waals surface area (Å²) >= 11 is 0. The molecule has 9 nitrogen and oxygen atoms in total. The van der Waals surface area contributed by atoms with Gasteiger partial charge in [-0.15, -0.1) is 10.2 Å². The van der Waals surface area contributed by atoms with Crippen LogP contribution in [0.1, 0.15) is 5.82 Å². The van der Waals surface area contributed by atoms with Crippen molar-refractivity contribution in [3.63, 3.8) is 0 Å². The number of para-hydroxylation sites is 2. The van der Waals surface area contributed by atoms with Gasteiger partial charge in [-0.25, -0.2) is 4.98 Å². The molecule has 2 aromatic heterocycles. The zero-order valence-corrected chi connectivity index (χ0v) is 15.9. The van der Waals surface area contributed by atoms with Gasteiger partial charge in [0.05, 0.1) is 16.0 Å². The van der Waals surface area contributed by atoms with E-state index in [1.807, 2.05) is 43.3 Å². The number of aromatic nitrogens is 4. The Bertz CT molecular complexity index is 1210. The molecule has 0 bridgehead atoms. The first-order chi connectivity index (χ1) is 14.1. The molecule has 0 radical (unpaired) electrons. The minimum Gasteiger partial charge on any atom is -0.368 e. The van der Waals surface area contributed by atoms with E-state index in [4.69, 9.17) is 4.98 Å². The van der Waals surface area contributed by atoms with Crippen molar-refractivity contribution in [2.75, 3.05) is 36.0 Å². The van der Waals surface area contributed by atoms with E-state index in [2.05, 4.69) is 24.4 Å². The summed E-state index contributed by atoms with van der Waals surface area (Å²) in [6.45, 7) is 5.10. The van der Waals surface area contributed by atoms with Gasteiger partial charge in [0.15, 0.2) is 5.82 Å². The number of fused-ring (bicyclic) bond motifs is 3. The Morgan fingerprint density at radius 2 is 1.62 bits per heavy atom. The number of aryl methyl sites for hydroxylation is 1. The summed E-state index contributed by atoms with van der Waals surface area (Å²) in [7, 11) is 0. The lowest BCUT2D eigenvalue weighted by Gasteiger charge is -2.36. The van der Waals surface area contributed by atoms with Crippen LogP contribution in [0.15, 0.2) is 48.5 Å². The van der Waals surface area contributed by atoms with Crippen molar-refractivity contribution in [2.24, 2.45) is 0 Å². The zero-order valence-electron chi connectivity index (χ0n) is 15.9. The van der Waals surface area contributed by atoms with Gasteiger partial charge in [0.2, 0.25) is 5.65 Å². The van der Waals surface area contributed by atoms with Gasteiger partial charge >= 0.3 is 0 Å². The van der Waals surface area contributed by atoms with E-state index in [1.54, 1.807) is 12.1 Å². The summed E-state index contributed by atoms with van der Waals surface area (Å²) in [4.78, 5) is 19.8. The summed E-state index contributed by atoms with van der Waals surface area (Å²) in [6, 6.07) is 14.7. The molecule has 0 amide bonds. The number of non-ortho nitro benzene ring substituents is 1. The fraction of sp³-hybridized carbons (Fsp3) is 0.250. The molecule has 146 valence electrons. The maximum Gasteiger partial charge on any atom is 0.269 e. The summed E-state index contributed by atoms with van der Waals surface area (Å²) in [5.74, 6) is 1.68. The van der Waals surface area contributed by atoms with E-state index in [9.17, 15) is 10.1 Å². The van der Waals surface area contributed by atoms with Crippen LogP contribution in [0.2, 0.25) is 0 Å². The van der Waals surface area contributed by atoms with Crippen molar-refractivity contribution < 1.29 is 4.92 Å². The second-order valence-electron chi connectivity index (χ2n) is 7.08. The average molecular weight is 389 g/mol. The zero-order chi connectivity index (χ0) is 20.0. The number of hydrogen-bond donors (Lipinski definition) is 0. The van der Waals surface area contributed by atoms with Crippen LogP contribution in [0, 0.1) is 17.0 Å². The van der Waals surface area contributed by atoms with Gasteiger partial charge < -0.3 is 9.80 Å². The number of hydrogen-bond acceptors (Lipinski definition) is 7. The minimum absolute atomic E-state index is 0.109. The van der Waals surface area contributed by atoms with Crippen LogP contribution < -0.4 is 9.80 Å². The molecule has 4 aromatic rings. The Hall–Kier alpha value is -3.75. The van der Waals surface area contributed by atoms with Crippen molar-refractivity contribution >= 4 is 33.9 Å². The highest BCUT2D eigenvalue weighted by Gasteiger charge is 2.23. The molecule has 0 N–H and O–H groups in total. The van der Waals surface area contributed by atoms with Crippen LogP contribution in [-0.4, -0.2) is 50.7 Å². The molecular weight excluding hydrogens is 370 g/mol.